The highest BCUT2D eigenvalue weighted by molar-refractivity contribution is 5.90. The van der Waals surface area contributed by atoms with Crippen molar-refractivity contribution in [3.63, 3.8) is 0 Å². The first-order valence-electron chi connectivity index (χ1n) is 6.27. The minimum atomic E-state index is -0.715. The van der Waals surface area contributed by atoms with Gasteiger partial charge in [-0.1, -0.05) is 12.8 Å². The molecule has 5 heteroatoms. The van der Waals surface area contributed by atoms with Gasteiger partial charge in [0.15, 0.2) is 0 Å². The summed E-state index contributed by atoms with van der Waals surface area (Å²) in [5.41, 5.74) is -0.715. The lowest BCUT2D eigenvalue weighted by Crippen LogP contribution is -2.48. The predicted octanol–water partition coefficient (Wildman–Crippen LogP) is 0.0285. The molecule has 17 heavy (non-hydrogen) atoms. The Morgan fingerprint density at radius 2 is 2.18 bits per heavy atom. The highest BCUT2D eigenvalue weighted by Gasteiger charge is 2.36. The second kappa shape index (κ2) is 4.64. The van der Waals surface area contributed by atoms with Gasteiger partial charge in [-0.05, 0) is 19.3 Å². The van der Waals surface area contributed by atoms with E-state index in [1.807, 2.05) is 0 Å². The number of likely N-dealkylation sites (N-methyl/N-ethyl adjacent to an activating group) is 1. The van der Waals surface area contributed by atoms with Crippen LogP contribution in [0.5, 0.6) is 0 Å². The summed E-state index contributed by atoms with van der Waals surface area (Å²) in [4.78, 5) is 24.6. The van der Waals surface area contributed by atoms with Crippen molar-refractivity contribution in [1.82, 2.24) is 10.2 Å². The molecular formula is C12H20N2O3. The molecule has 0 aromatic carbocycles. The molecule has 0 spiro atoms. The van der Waals surface area contributed by atoms with Crippen molar-refractivity contribution in [3.05, 3.63) is 0 Å². The zero-order valence-electron chi connectivity index (χ0n) is 10.2. The Hall–Kier alpha value is -1.10. The van der Waals surface area contributed by atoms with Crippen LogP contribution in [-0.2, 0) is 9.59 Å². The van der Waals surface area contributed by atoms with Gasteiger partial charge in [-0.25, -0.2) is 0 Å². The standard InChI is InChI=1S/C12H20N2O3/c1-14(8-12(17)6-2-3-7-12)11(16)9-4-5-10(15)13-9/h9,17H,2-8H2,1H3,(H,13,15)/t9-/m1/s1. The number of carbonyl (C=O) groups excluding carboxylic acids is 2. The minimum Gasteiger partial charge on any atom is -0.388 e. The highest BCUT2D eigenvalue weighted by Crippen LogP contribution is 2.30. The van der Waals surface area contributed by atoms with Crippen molar-refractivity contribution < 1.29 is 14.7 Å². The third-order valence-corrected chi connectivity index (χ3v) is 3.74. The van der Waals surface area contributed by atoms with E-state index in [0.717, 1.165) is 25.7 Å². The molecule has 1 saturated heterocycles. The van der Waals surface area contributed by atoms with Crippen molar-refractivity contribution in [2.75, 3.05) is 13.6 Å². The summed E-state index contributed by atoms with van der Waals surface area (Å²) in [5.74, 6) is -0.146. The smallest absolute Gasteiger partial charge is 0.245 e. The number of nitrogens with one attached hydrogen (secondary N) is 1. The van der Waals surface area contributed by atoms with E-state index in [0.29, 0.717) is 19.4 Å². The lowest BCUT2D eigenvalue weighted by Gasteiger charge is -2.30. The molecule has 96 valence electrons. The van der Waals surface area contributed by atoms with E-state index in [1.165, 1.54) is 0 Å². The normalized spacial score (nSPS) is 26.9. The molecule has 0 unspecified atom stereocenters. The Labute approximate surface area is 101 Å². The molecule has 5 nitrogen and oxygen atoms in total. The zero-order valence-corrected chi connectivity index (χ0v) is 10.2. The van der Waals surface area contributed by atoms with Gasteiger partial charge >= 0.3 is 0 Å². The second-order valence-corrected chi connectivity index (χ2v) is 5.28. The molecule has 0 aromatic rings. The summed E-state index contributed by atoms with van der Waals surface area (Å²) in [6.07, 6.45) is 4.58. The average Bonchev–Trinajstić information content (AvgIpc) is 2.86. The van der Waals surface area contributed by atoms with Gasteiger partial charge < -0.3 is 15.3 Å². The molecular weight excluding hydrogens is 220 g/mol. The molecule has 1 atom stereocenters. The second-order valence-electron chi connectivity index (χ2n) is 5.28. The maximum Gasteiger partial charge on any atom is 0.245 e. The predicted molar refractivity (Wildman–Crippen MR) is 62.2 cm³/mol. The molecule has 1 heterocycles. The van der Waals surface area contributed by atoms with Gasteiger partial charge in [0, 0.05) is 20.0 Å². The van der Waals surface area contributed by atoms with Gasteiger partial charge in [-0.3, -0.25) is 9.59 Å². The van der Waals surface area contributed by atoms with E-state index in [9.17, 15) is 14.7 Å². The quantitative estimate of drug-likeness (QED) is 0.731. The topological polar surface area (TPSA) is 69.6 Å². The number of hydrogen-bond acceptors (Lipinski definition) is 3. The van der Waals surface area contributed by atoms with Crippen LogP contribution in [0.25, 0.3) is 0 Å². The van der Waals surface area contributed by atoms with Crippen LogP contribution in [0.1, 0.15) is 38.5 Å². The fraction of sp³-hybridized carbons (Fsp3) is 0.833. The first-order chi connectivity index (χ1) is 8.00. The molecule has 1 aliphatic heterocycles. The minimum absolute atomic E-state index is 0.0590. The van der Waals surface area contributed by atoms with E-state index in [4.69, 9.17) is 0 Å². The molecule has 2 aliphatic rings. The Kier molecular flexibility index (Phi) is 3.38. The van der Waals surface area contributed by atoms with Gasteiger partial charge in [0.2, 0.25) is 11.8 Å². The number of rotatable bonds is 3. The largest absolute Gasteiger partial charge is 0.388 e. The highest BCUT2D eigenvalue weighted by atomic mass is 16.3. The molecule has 0 bridgehead atoms. The van der Waals surface area contributed by atoms with Crippen molar-refractivity contribution in [2.45, 2.75) is 50.2 Å². The Morgan fingerprint density at radius 3 is 2.71 bits per heavy atom. The molecule has 1 aliphatic carbocycles. The third kappa shape index (κ3) is 2.77. The van der Waals surface area contributed by atoms with E-state index in [1.54, 1.807) is 11.9 Å². The van der Waals surface area contributed by atoms with E-state index in [2.05, 4.69) is 5.32 Å². The van der Waals surface area contributed by atoms with E-state index < -0.39 is 11.6 Å². The number of carbonyl (C=O) groups is 2. The number of hydrogen-bond donors (Lipinski definition) is 2. The van der Waals surface area contributed by atoms with Crippen LogP contribution in [0, 0.1) is 0 Å². The van der Waals surface area contributed by atoms with E-state index in [-0.39, 0.29) is 11.8 Å². The van der Waals surface area contributed by atoms with Crippen molar-refractivity contribution in [3.8, 4) is 0 Å². The van der Waals surface area contributed by atoms with Crippen LogP contribution in [0.4, 0.5) is 0 Å². The van der Waals surface area contributed by atoms with Gasteiger partial charge in [0.25, 0.3) is 0 Å². The summed E-state index contributed by atoms with van der Waals surface area (Å²) in [7, 11) is 1.70. The molecule has 1 saturated carbocycles. The summed E-state index contributed by atoms with van der Waals surface area (Å²) in [6, 6.07) is -0.391. The molecule has 2 rings (SSSR count). The van der Waals surface area contributed by atoms with Gasteiger partial charge in [-0.15, -0.1) is 0 Å². The Morgan fingerprint density at radius 1 is 1.53 bits per heavy atom. The Balaban J connectivity index is 1.89. The summed E-state index contributed by atoms with van der Waals surface area (Å²) in [6.45, 7) is 0.373. The first kappa shape index (κ1) is 12.4. The van der Waals surface area contributed by atoms with Gasteiger partial charge in [0.05, 0.1) is 5.60 Å². The average molecular weight is 240 g/mol. The van der Waals surface area contributed by atoms with Gasteiger partial charge in [0.1, 0.15) is 6.04 Å². The number of aliphatic hydroxyl groups is 1. The van der Waals surface area contributed by atoms with Crippen LogP contribution in [0.3, 0.4) is 0 Å². The van der Waals surface area contributed by atoms with Crippen molar-refractivity contribution >= 4 is 11.8 Å². The van der Waals surface area contributed by atoms with Crippen LogP contribution in [0.2, 0.25) is 0 Å². The summed E-state index contributed by atoms with van der Waals surface area (Å²) < 4.78 is 0. The maximum atomic E-state index is 12.0. The van der Waals surface area contributed by atoms with Crippen LogP contribution in [0.15, 0.2) is 0 Å². The molecule has 2 N–H and O–H groups in total. The van der Waals surface area contributed by atoms with Crippen molar-refractivity contribution in [2.24, 2.45) is 0 Å². The Bertz CT molecular complexity index is 324. The van der Waals surface area contributed by atoms with Crippen LogP contribution >= 0.6 is 0 Å². The van der Waals surface area contributed by atoms with Crippen LogP contribution < -0.4 is 5.32 Å². The number of amides is 2. The third-order valence-electron chi connectivity index (χ3n) is 3.74. The van der Waals surface area contributed by atoms with E-state index >= 15 is 0 Å². The molecule has 2 amide bonds. The summed E-state index contributed by atoms with van der Waals surface area (Å²) >= 11 is 0. The molecule has 2 fully saturated rings. The van der Waals surface area contributed by atoms with Crippen molar-refractivity contribution in [1.29, 1.82) is 0 Å². The first-order valence-corrected chi connectivity index (χ1v) is 6.27. The monoisotopic (exact) mass is 240 g/mol. The maximum absolute atomic E-state index is 12.0. The molecule has 0 radical (unpaired) electrons. The lowest BCUT2D eigenvalue weighted by molar-refractivity contribution is -0.136. The fourth-order valence-electron chi connectivity index (χ4n) is 2.78. The van der Waals surface area contributed by atoms with Gasteiger partial charge in [-0.2, -0.15) is 0 Å². The SMILES string of the molecule is CN(CC1(O)CCCC1)C(=O)[C@H]1CCC(=O)N1. The fourth-order valence-corrected chi connectivity index (χ4v) is 2.78. The summed E-state index contributed by atoms with van der Waals surface area (Å²) in [5, 5.41) is 12.9. The molecule has 0 aromatic heterocycles. The van der Waals surface area contributed by atoms with Crippen LogP contribution in [-0.4, -0.2) is 47.1 Å². The number of nitrogens with zero attached hydrogens (tertiary/aromatic N) is 1. The lowest BCUT2D eigenvalue weighted by atomic mass is 10.0. The zero-order chi connectivity index (χ0) is 12.5.